The molecule has 3 aromatic rings. The van der Waals surface area contributed by atoms with Crippen molar-refractivity contribution in [3.05, 3.63) is 52.3 Å². The number of halogens is 1. The molecular weight excluding hydrogens is 492 g/mol. The fourth-order valence-corrected chi connectivity index (χ4v) is 5.17. The molecule has 2 aliphatic heterocycles. The molecule has 2 aromatic heterocycles. The summed E-state index contributed by atoms with van der Waals surface area (Å²) < 4.78 is 26.5. The number of carbonyl (C=O) groups excluding carboxylic acids is 1. The molecule has 0 radical (unpaired) electrons. The second-order valence-electron chi connectivity index (χ2n) is 8.55. The van der Waals surface area contributed by atoms with Crippen LogP contribution in [-0.4, -0.2) is 59.8 Å². The number of aliphatic imine (C=N–C) groups is 1. The van der Waals surface area contributed by atoms with Crippen LogP contribution in [0.2, 0.25) is 5.02 Å². The number of aryl methyl sites for hydroxylation is 1. The highest BCUT2D eigenvalue weighted by Crippen LogP contribution is 2.34. The van der Waals surface area contributed by atoms with Gasteiger partial charge in [0, 0.05) is 47.2 Å². The molecule has 1 amide bonds. The van der Waals surface area contributed by atoms with Crippen molar-refractivity contribution in [1.29, 1.82) is 0 Å². The van der Waals surface area contributed by atoms with Crippen molar-refractivity contribution in [2.45, 2.75) is 32.2 Å². The van der Waals surface area contributed by atoms with E-state index in [0.29, 0.717) is 42.0 Å². The van der Waals surface area contributed by atoms with Gasteiger partial charge in [-0.1, -0.05) is 11.6 Å². The van der Waals surface area contributed by atoms with Gasteiger partial charge in [-0.3, -0.25) is 18.9 Å². The van der Waals surface area contributed by atoms with Crippen LogP contribution in [0, 0.1) is 6.92 Å². The van der Waals surface area contributed by atoms with Crippen molar-refractivity contribution in [3.63, 3.8) is 0 Å². The fourth-order valence-electron chi connectivity index (χ4n) is 4.64. The van der Waals surface area contributed by atoms with Gasteiger partial charge in [0.05, 0.1) is 29.5 Å². The smallest absolute Gasteiger partial charge is 0.256 e. The Kier molecular flexibility index (Phi) is 6.34. The van der Waals surface area contributed by atoms with Gasteiger partial charge in [0.15, 0.2) is 11.6 Å². The monoisotopic (exact) mass is 515 g/mol. The molecule has 4 heterocycles. The van der Waals surface area contributed by atoms with E-state index < -0.39 is 11.3 Å². The predicted molar refractivity (Wildman–Crippen MR) is 133 cm³/mol. The summed E-state index contributed by atoms with van der Waals surface area (Å²) in [6, 6.07) is 6.09. The summed E-state index contributed by atoms with van der Waals surface area (Å²) in [4.78, 5) is 26.2. The Labute approximate surface area is 209 Å². The zero-order valence-electron chi connectivity index (χ0n) is 19.0. The van der Waals surface area contributed by atoms with E-state index in [2.05, 4.69) is 9.71 Å². The summed E-state index contributed by atoms with van der Waals surface area (Å²) in [5.74, 6) is 0.867. The molecule has 1 saturated heterocycles. The summed E-state index contributed by atoms with van der Waals surface area (Å²) in [5.41, 5.74) is 8.66. The zero-order chi connectivity index (χ0) is 24.7. The number of benzene rings is 1. The van der Waals surface area contributed by atoms with Crippen LogP contribution in [0.4, 0.5) is 11.5 Å². The van der Waals surface area contributed by atoms with Crippen LogP contribution in [0.1, 0.15) is 46.9 Å². The predicted octanol–water partition coefficient (Wildman–Crippen LogP) is 2.40. The third kappa shape index (κ3) is 4.56. The first-order valence-corrected chi connectivity index (χ1v) is 12.7. The summed E-state index contributed by atoms with van der Waals surface area (Å²) in [6.45, 7) is 3.76. The number of amides is 1. The molecular formula is C22H24ClN8O3S-. The van der Waals surface area contributed by atoms with Crippen molar-refractivity contribution in [3.8, 4) is 0 Å². The third-order valence-corrected chi connectivity index (χ3v) is 6.89. The Bertz CT molecular complexity index is 1360. The van der Waals surface area contributed by atoms with E-state index in [1.54, 1.807) is 9.42 Å². The molecule has 13 heteroatoms. The number of likely N-dealkylation sites (tertiary alicyclic amines) is 1. The number of fused-ring (bicyclic) bond motifs is 1. The minimum absolute atomic E-state index is 0.179. The second-order valence-corrected chi connectivity index (χ2v) is 9.66. The lowest BCUT2D eigenvalue weighted by molar-refractivity contribution is 0.0607. The molecule has 3 N–H and O–H groups in total. The lowest BCUT2D eigenvalue weighted by atomic mass is 9.98. The number of nitrogens with zero attached hydrogens (tertiary/aromatic N) is 6. The first kappa shape index (κ1) is 23.5. The summed E-state index contributed by atoms with van der Waals surface area (Å²) in [6.07, 6.45) is 4.39. The van der Waals surface area contributed by atoms with E-state index in [1.807, 2.05) is 24.1 Å². The molecule has 1 aromatic carbocycles. The Morgan fingerprint density at radius 2 is 2.11 bits per heavy atom. The largest absolute Gasteiger partial charge is 0.755 e. The topological polar surface area (TPSA) is 144 Å². The second kappa shape index (κ2) is 9.44. The van der Waals surface area contributed by atoms with Gasteiger partial charge in [0.25, 0.3) is 5.91 Å². The first-order valence-electron chi connectivity index (χ1n) is 11.2. The number of nitrogens with two attached hydrogens (primary N) is 1. The van der Waals surface area contributed by atoms with Gasteiger partial charge in [-0.15, -0.1) is 0 Å². The highest BCUT2D eigenvalue weighted by Gasteiger charge is 2.32. The third-order valence-electron chi connectivity index (χ3n) is 6.26. The Hall–Kier alpha value is -3.22. The molecule has 5 rings (SSSR count). The van der Waals surface area contributed by atoms with Crippen LogP contribution in [0.25, 0.3) is 5.65 Å². The number of rotatable bonds is 5. The number of anilines is 2. The van der Waals surface area contributed by atoms with E-state index in [1.165, 1.54) is 18.2 Å². The standard InChI is InChI=1S/C22H25ClN8O3S/c1-13-12-31-19(26-20(13)30-9-7-25-22(30)24)11-17(27-31)18-4-2-3-8-29(18)21(32)15-10-14(23)5-6-16(15)28-35(33)34/h5-6,10-12,18,28H,2-4,7-9H2,1H3,(H2,24,25)(H,33,34)/p-1/t18-/m0/s1. The van der Waals surface area contributed by atoms with E-state index in [-0.39, 0.29) is 23.2 Å². The number of nitrogens with one attached hydrogen (secondary N) is 1. The zero-order valence-corrected chi connectivity index (χ0v) is 20.6. The number of carbonyl (C=O) groups is 1. The van der Waals surface area contributed by atoms with E-state index >= 15 is 0 Å². The molecule has 2 atom stereocenters. The van der Waals surface area contributed by atoms with Crippen LogP contribution in [0.15, 0.2) is 35.5 Å². The van der Waals surface area contributed by atoms with Crippen molar-refractivity contribution in [1.82, 2.24) is 19.5 Å². The lowest BCUT2D eigenvalue weighted by Gasteiger charge is -2.35. The molecule has 35 heavy (non-hydrogen) atoms. The quantitative estimate of drug-likeness (QED) is 0.496. The molecule has 1 unspecified atom stereocenters. The maximum absolute atomic E-state index is 13.6. The van der Waals surface area contributed by atoms with Gasteiger partial charge < -0.3 is 19.9 Å². The van der Waals surface area contributed by atoms with Crippen molar-refractivity contribution < 1.29 is 13.6 Å². The van der Waals surface area contributed by atoms with E-state index in [0.717, 1.165) is 30.6 Å². The van der Waals surface area contributed by atoms with Gasteiger partial charge in [0.2, 0.25) is 0 Å². The van der Waals surface area contributed by atoms with Crippen LogP contribution >= 0.6 is 11.6 Å². The van der Waals surface area contributed by atoms with E-state index in [9.17, 15) is 13.6 Å². The average Bonchev–Trinajstić information content (AvgIpc) is 3.44. The minimum atomic E-state index is -2.58. The molecule has 0 aliphatic carbocycles. The number of piperidine rings is 1. The molecule has 0 bridgehead atoms. The highest BCUT2D eigenvalue weighted by molar-refractivity contribution is 7.80. The first-order chi connectivity index (χ1) is 16.8. The molecule has 184 valence electrons. The number of aromatic nitrogens is 3. The van der Waals surface area contributed by atoms with Crippen molar-refractivity contribution >= 4 is 51.9 Å². The Morgan fingerprint density at radius 3 is 2.86 bits per heavy atom. The normalized spacial score (nSPS) is 19.2. The molecule has 0 spiro atoms. The number of guanidine groups is 1. The van der Waals surface area contributed by atoms with E-state index in [4.69, 9.17) is 27.4 Å². The summed E-state index contributed by atoms with van der Waals surface area (Å²) in [7, 11) is 0. The van der Waals surface area contributed by atoms with Crippen LogP contribution in [0.5, 0.6) is 0 Å². The molecule has 1 fully saturated rings. The van der Waals surface area contributed by atoms with Crippen LogP contribution < -0.4 is 15.4 Å². The van der Waals surface area contributed by atoms with Crippen molar-refractivity contribution in [2.24, 2.45) is 10.7 Å². The molecule has 11 nitrogen and oxygen atoms in total. The van der Waals surface area contributed by atoms with Crippen LogP contribution in [0.3, 0.4) is 0 Å². The molecule has 0 saturated carbocycles. The van der Waals surface area contributed by atoms with Gasteiger partial charge in [-0.05, 0) is 44.4 Å². The molecule has 2 aliphatic rings. The van der Waals surface area contributed by atoms with Gasteiger partial charge in [-0.25, -0.2) is 9.50 Å². The highest BCUT2D eigenvalue weighted by atomic mass is 35.5. The van der Waals surface area contributed by atoms with Crippen molar-refractivity contribution in [2.75, 3.05) is 29.3 Å². The Morgan fingerprint density at radius 1 is 1.29 bits per heavy atom. The average molecular weight is 516 g/mol. The number of hydrogen-bond donors (Lipinski definition) is 2. The summed E-state index contributed by atoms with van der Waals surface area (Å²) in [5, 5.41) is 5.08. The maximum atomic E-state index is 13.6. The maximum Gasteiger partial charge on any atom is 0.256 e. The summed E-state index contributed by atoms with van der Waals surface area (Å²) >= 11 is 3.56. The fraction of sp³-hybridized carbons (Fsp3) is 0.364. The van der Waals surface area contributed by atoms with Gasteiger partial charge >= 0.3 is 0 Å². The Balaban J connectivity index is 1.50. The lowest BCUT2D eigenvalue weighted by Crippen LogP contribution is -2.39. The van der Waals surface area contributed by atoms with Crippen LogP contribution in [-0.2, 0) is 11.3 Å². The minimum Gasteiger partial charge on any atom is -0.755 e. The SMILES string of the molecule is Cc1cn2nc([C@@H]3CCCCN3C(=O)c3cc(Cl)ccc3NS(=O)[O-])cc2nc1N1CCN=C1N. The van der Waals surface area contributed by atoms with Gasteiger partial charge in [-0.2, -0.15) is 5.10 Å². The van der Waals surface area contributed by atoms with Gasteiger partial charge in [0.1, 0.15) is 5.82 Å². The number of hydrogen-bond acceptors (Lipinski definition) is 8.